The average molecular weight is 552 g/mol. The van der Waals surface area contributed by atoms with Crippen molar-refractivity contribution in [3.8, 4) is 17.2 Å². The van der Waals surface area contributed by atoms with E-state index in [1.807, 2.05) is 38.2 Å². The Bertz CT molecular complexity index is 1210. The van der Waals surface area contributed by atoms with Crippen LogP contribution in [0.1, 0.15) is 61.9 Å². The second kappa shape index (κ2) is 12.5. The van der Waals surface area contributed by atoms with Gasteiger partial charge in [0.2, 0.25) is 12.7 Å². The van der Waals surface area contributed by atoms with Gasteiger partial charge in [-0.25, -0.2) is 0 Å². The number of rotatable bonds is 8. The van der Waals surface area contributed by atoms with Gasteiger partial charge >= 0.3 is 0 Å². The summed E-state index contributed by atoms with van der Waals surface area (Å²) in [4.78, 5) is 30.5. The van der Waals surface area contributed by atoms with Crippen molar-refractivity contribution in [3.63, 3.8) is 0 Å². The minimum atomic E-state index is -0.353. The van der Waals surface area contributed by atoms with E-state index in [0.717, 1.165) is 42.7 Å². The van der Waals surface area contributed by atoms with E-state index in [0.29, 0.717) is 36.6 Å². The van der Waals surface area contributed by atoms with E-state index in [1.165, 1.54) is 6.42 Å². The predicted molar refractivity (Wildman–Crippen MR) is 152 cm³/mol. The minimum Gasteiger partial charge on any atom is -0.488 e. The molecule has 1 fully saturated rings. The first-order chi connectivity index (χ1) is 19.3. The molecule has 0 bridgehead atoms. The Morgan fingerprint density at radius 1 is 1.10 bits per heavy atom. The standard InChI is InChI=1S/C31H41N3O6/c1-20-15-34(21(2)18-35)31(37)25-14-24(32-30(36)23-7-5-4-6-8-23)10-12-26(25)40-29(20)17-33(3)16-22-9-11-27-28(13-22)39-19-38-27/h9-14,20-21,23,29,35H,4-8,15-19H2,1-3H3,(H,32,36)/t20-,21-,29-/m0/s1. The van der Waals surface area contributed by atoms with Gasteiger partial charge in [0.15, 0.2) is 11.5 Å². The van der Waals surface area contributed by atoms with Crippen LogP contribution < -0.4 is 19.5 Å². The number of hydrogen-bond donors (Lipinski definition) is 2. The Kier molecular flexibility index (Phi) is 8.81. The van der Waals surface area contributed by atoms with Gasteiger partial charge in [-0.2, -0.15) is 0 Å². The number of hydrogen-bond acceptors (Lipinski definition) is 7. The fourth-order valence-corrected chi connectivity index (χ4v) is 5.85. The van der Waals surface area contributed by atoms with Crippen LogP contribution in [0.4, 0.5) is 5.69 Å². The van der Waals surface area contributed by atoms with E-state index < -0.39 is 0 Å². The third-order valence-corrected chi connectivity index (χ3v) is 8.29. The number of ether oxygens (including phenoxy) is 3. The van der Waals surface area contributed by atoms with E-state index in [1.54, 1.807) is 17.0 Å². The van der Waals surface area contributed by atoms with Crippen molar-refractivity contribution in [1.82, 2.24) is 9.80 Å². The van der Waals surface area contributed by atoms with E-state index in [4.69, 9.17) is 14.2 Å². The number of aliphatic hydroxyl groups is 1. The molecule has 0 radical (unpaired) electrons. The fourth-order valence-electron chi connectivity index (χ4n) is 5.85. The molecule has 0 spiro atoms. The predicted octanol–water partition coefficient (Wildman–Crippen LogP) is 4.29. The summed E-state index contributed by atoms with van der Waals surface area (Å²) in [6.07, 6.45) is 4.93. The molecule has 2 aromatic rings. The number of carbonyl (C=O) groups is 2. The summed E-state index contributed by atoms with van der Waals surface area (Å²) in [7, 11) is 2.05. The van der Waals surface area contributed by atoms with Crippen LogP contribution in [-0.2, 0) is 11.3 Å². The number of amides is 2. The SMILES string of the molecule is C[C@H]1CN([C@@H](C)CO)C(=O)c2cc(NC(=O)C3CCCCC3)ccc2O[C@H]1CN(C)Cc1ccc2c(c1)OCO2. The van der Waals surface area contributed by atoms with Crippen molar-refractivity contribution in [2.24, 2.45) is 11.8 Å². The first kappa shape index (κ1) is 28.2. The Balaban J connectivity index is 1.35. The molecular formula is C31H41N3O6. The maximum Gasteiger partial charge on any atom is 0.258 e. The molecule has 0 unspecified atom stereocenters. The van der Waals surface area contributed by atoms with Crippen LogP contribution in [0.15, 0.2) is 36.4 Å². The summed E-state index contributed by atoms with van der Waals surface area (Å²) in [6.45, 7) is 5.80. The number of anilines is 1. The number of nitrogens with zero attached hydrogens (tertiary/aromatic N) is 2. The fraction of sp³-hybridized carbons (Fsp3) is 0.548. The average Bonchev–Trinajstić information content (AvgIpc) is 3.43. The van der Waals surface area contributed by atoms with Crippen LogP contribution in [0.25, 0.3) is 0 Å². The number of carbonyl (C=O) groups excluding carboxylic acids is 2. The Morgan fingerprint density at radius 2 is 1.85 bits per heavy atom. The van der Waals surface area contributed by atoms with Crippen LogP contribution in [0, 0.1) is 11.8 Å². The van der Waals surface area contributed by atoms with Crippen molar-refractivity contribution >= 4 is 17.5 Å². The molecule has 2 aromatic carbocycles. The highest BCUT2D eigenvalue weighted by atomic mass is 16.7. The highest BCUT2D eigenvalue weighted by molar-refractivity contribution is 6.00. The van der Waals surface area contributed by atoms with E-state index in [-0.39, 0.29) is 49.2 Å². The van der Waals surface area contributed by atoms with Crippen molar-refractivity contribution in [2.45, 2.75) is 64.6 Å². The van der Waals surface area contributed by atoms with E-state index in [9.17, 15) is 14.7 Å². The number of benzene rings is 2. The van der Waals surface area contributed by atoms with Gasteiger partial charge in [0, 0.05) is 37.2 Å². The summed E-state index contributed by atoms with van der Waals surface area (Å²) >= 11 is 0. The van der Waals surface area contributed by atoms with Gasteiger partial charge in [0.1, 0.15) is 11.9 Å². The lowest BCUT2D eigenvalue weighted by Crippen LogP contribution is -2.49. The van der Waals surface area contributed by atoms with Gasteiger partial charge in [-0.05, 0) is 62.7 Å². The maximum atomic E-state index is 13.7. The number of fused-ring (bicyclic) bond motifs is 2. The molecule has 40 heavy (non-hydrogen) atoms. The van der Waals surface area contributed by atoms with Crippen molar-refractivity contribution in [1.29, 1.82) is 0 Å². The Hall–Kier alpha value is -3.30. The molecule has 3 atom stereocenters. The monoisotopic (exact) mass is 551 g/mol. The minimum absolute atomic E-state index is 0.0102. The van der Waals surface area contributed by atoms with E-state index in [2.05, 4.69) is 17.1 Å². The van der Waals surface area contributed by atoms with Gasteiger partial charge < -0.3 is 29.5 Å². The largest absolute Gasteiger partial charge is 0.488 e. The summed E-state index contributed by atoms with van der Waals surface area (Å²) in [5, 5.41) is 13.0. The molecule has 1 saturated carbocycles. The zero-order chi connectivity index (χ0) is 28.2. The second-order valence-electron chi connectivity index (χ2n) is 11.5. The summed E-state index contributed by atoms with van der Waals surface area (Å²) in [5.74, 6) is 1.84. The highest BCUT2D eigenvalue weighted by Crippen LogP contribution is 2.34. The lowest BCUT2D eigenvalue weighted by atomic mass is 9.88. The van der Waals surface area contributed by atoms with Crippen molar-refractivity contribution in [2.75, 3.05) is 38.9 Å². The maximum absolute atomic E-state index is 13.7. The quantitative estimate of drug-likeness (QED) is 0.505. The lowest BCUT2D eigenvalue weighted by Gasteiger charge is -2.38. The lowest BCUT2D eigenvalue weighted by molar-refractivity contribution is -0.120. The first-order valence-electron chi connectivity index (χ1n) is 14.4. The third-order valence-electron chi connectivity index (χ3n) is 8.29. The van der Waals surface area contributed by atoms with Gasteiger partial charge in [0.25, 0.3) is 5.91 Å². The molecule has 2 aliphatic heterocycles. The van der Waals surface area contributed by atoms with Gasteiger partial charge in [-0.3, -0.25) is 14.5 Å². The highest BCUT2D eigenvalue weighted by Gasteiger charge is 2.34. The second-order valence-corrected chi connectivity index (χ2v) is 11.5. The van der Waals surface area contributed by atoms with E-state index >= 15 is 0 Å². The van der Waals surface area contributed by atoms with Crippen LogP contribution in [0.3, 0.4) is 0 Å². The molecule has 1 aliphatic carbocycles. The molecule has 216 valence electrons. The number of aliphatic hydroxyl groups excluding tert-OH is 1. The zero-order valence-electron chi connectivity index (χ0n) is 23.7. The summed E-state index contributed by atoms with van der Waals surface area (Å²) < 4.78 is 17.5. The number of likely N-dealkylation sites (N-methyl/N-ethyl adjacent to an activating group) is 1. The zero-order valence-corrected chi connectivity index (χ0v) is 23.7. The van der Waals surface area contributed by atoms with Crippen LogP contribution >= 0.6 is 0 Å². The molecule has 2 N–H and O–H groups in total. The van der Waals surface area contributed by atoms with Crippen LogP contribution in [0.2, 0.25) is 0 Å². The smallest absolute Gasteiger partial charge is 0.258 e. The molecule has 9 nitrogen and oxygen atoms in total. The summed E-state index contributed by atoms with van der Waals surface area (Å²) in [6, 6.07) is 10.9. The first-order valence-corrected chi connectivity index (χ1v) is 14.4. The van der Waals surface area contributed by atoms with Crippen molar-refractivity contribution < 1.29 is 28.9 Å². The van der Waals surface area contributed by atoms with Gasteiger partial charge in [-0.15, -0.1) is 0 Å². The molecule has 2 amide bonds. The van der Waals surface area contributed by atoms with Gasteiger partial charge in [-0.1, -0.05) is 32.3 Å². The molecule has 3 aliphatic rings. The molecule has 0 saturated heterocycles. The molecular weight excluding hydrogens is 510 g/mol. The molecule has 0 aromatic heterocycles. The third kappa shape index (κ3) is 6.36. The topological polar surface area (TPSA) is 101 Å². The normalized spacial score (nSPS) is 21.8. The van der Waals surface area contributed by atoms with Gasteiger partial charge in [0.05, 0.1) is 18.2 Å². The van der Waals surface area contributed by atoms with Crippen LogP contribution in [0.5, 0.6) is 17.2 Å². The van der Waals surface area contributed by atoms with Crippen LogP contribution in [-0.4, -0.2) is 72.4 Å². The number of nitrogens with one attached hydrogen (secondary N) is 1. The molecule has 9 heteroatoms. The summed E-state index contributed by atoms with van der Waals surface area (Å²) in [5.41, 5.74) is 2.10. The Morgan fingerprint density at radius 3 is 2.62 bits per heavy atom. The Labute approximate surface area is 236 Å². The molecule has 5 rings (SSSR count). The van der Waals surface area contributed by atoms with Crippen molar-refractivity contribution in [3.05, 3.63) is 47.5 Å². The molecule has 2 heterocycles.